The number of hydrogen-bond donors (Lipinski definition) is 3. The Morgan fingerprint density at radius 1 is 1.12 bits per heavy atom. The third kappa shape index (κ3) is 4.13. The molecule has 0 radical (unpaired) electrons. The van der Waals surface area contributed by atoms with Gasteiger partial charge in [0.15, 0.2) is 17.4 Å². The Morgan fingerprint density at radius 3 is 2.68 bits per heavy atom. The zero-order valence-electron chi connectivity index (χ0n) is 14.1. The maximum Gasteiger partial charge on any atom is 0.191 e. The van der Waals surface area contributed by atoms with Gasteiger partial charge in [-0.25, -0.2) is 0 Å². The van der Waals surface area contributed by atoms with Gasteiger partial charge in [0, 0.05) is 25.7 Å². The van der Waals surface area contributed by atoms with Crippen LogP contribution in [0.15, 0.2) is 59.7 Å². The van der Waals surface area contributed by atoms with Gasteiger partial charge in [-0.1, -0.05) is 36.4 Å². The van der Waals surface area contributed by atoms with Crippen molar-refractivity contribution in [2.45, 2.75) is 12.5 Å². The van der Waals surface area contributed by atoms with E-state index in [0.717, 1.165) is 17.0 Å². The minimum Gasteiger partial charge on any atom is -0.396 e. The quantitative estimate of drug-likeness (QED) is 0.464. The lowest BCUT2D eigenvalue weighted by Crippen LogP contribution is -2.39. The van der Waals surface area contributed by atoms with E-state index in [1.807, 2.05) is 59.1 Å². The van der Waals surface area contributed by atoms with E-state index < -0.39 is 0 Å². The van der Waals surface area contributed by atoms with Crippen LogP contribution in [0.1, 0.15) is 17.3 Å². The highest BCUT2D eigenvalue weighted by molar-refractivity contribution is 5.79. The minimum absolute atomic E-state index is 0.00803. The number of nitrogens with one attached hydrogen (secondary N) is 2. The standard InChI is InChI=1S/C18H22N6O/c1-19-18(20-11-15(13-25)14-7-3-2-4-8-14)21-12-17-23-22-16-9-5-6-10-24(16)17/h2-10,15,25H,11-13H2,1H3,(H2,19,20,21). The van der Waals surface area contributed by atoms with E-state index in [9.17, 15) is 5.11 Å². The van der Waals surface area contributed by atoms with Crippen LogP contribution in [0.4, 0.5) is 0 Å². The van der Waals surface area contributed by atoms with E-state index in [1.165, 1.54) is 0 Å². The molecule has 0 saturated carbocycles. The van der Waals surface area contributed by atoms with Gasteiger partial charge in [0.05, 0.1) is 13.2 Å². The van der Waals surface area contributed by atoms with Gasteiger partial charge in [-0.15, -0.1) is 10.2 Å². The number of aromatic nitrogens is 3. The molecule has 2 heterocycles. The molecule has 1 atom stereocenters. The van der Waals surface area contributed by atoms with Gasteiger partial charge in [0.2, 0.25) is 0 Å². The summed E-state index contributed by atoms with van der Waals surface area (Å²) < 4.78 is 1.93. The number of aliphatic hydroxyl groups is 1. The number of fused-ring (bicyclic) bond motifs is 1. The first-order valence-corrected chi connectivity index (χ1v) is 8.20. The molecule has 0 bridgehead atoms. The van der Waals surface area contributed by atoms with E-state index in [1.54, 1.807) is 7.05 Å². The van der Waals surface area contributed by atoms with Crippen LogP contribution < -0.4 is 10.6 Å². The molecule has 0 spiro atoms. The number of aliphatic imine (C=N–C) groups is 1. The van der Waals surface area contributed by atoms with Crippen LogP contribution in [0.5, 0.6) is 0 Å². The topological polar surface area (TPSA) is 86.8 Å². The molecule has 2 aromatic heterocycles. The van der Waals surface area contributed by atoms with Gasteiger partial charge in [0.25, 0.3) is 0 Å². The van der Waals surface area contributed by atoms with E-state index in [0.29, 0.717) is 19.0 Å². The average molecular weight is 338 g/mol. The fourth-order valence-electron chi connectivity index (χ4n) is 2.63. The largest absolute Gasteiger partial charge is 0.396 e. The Morgan fingerprint density at radius 2 is 1.92 bits per heavy atom. The van der Waals surface area contributed by atoms with Crippen LogP contribution >= 0.6 is 0 Å². The number of nitrogens with zero attached hydrogens (tertiary/aromatic N) is 4. The van der Waals surface area contributed by atoms with Crippen LogP contribution in [-0.2, 0) is 6.54 Å². The highest BCUT2D eigenvalue weighted by Gasteiger charge is 2.11. The van der Waals surface area contributed by atoms with Gasteiger partial charge < -0.3 is 15.7 Å². The Kier molecular flexibility index (Phi) is 5.58. The number of benzene rings is 1. The fraction of sp³-hybridized carbons (Fsp3) is 0.278. The molecular formula is C18H22N6O. The summed E-state index contributed by atoms with van der Waals surface area (Å²) in [5.74, 6) is 1.47. The predicted octanol–water partition coefficient (Wildman–Crippen LogP) is 1.17. The number of guanidine groups is 1. The molecule has 3 N–H and O–H groups in total. The predicted molar refractivity (Wildman–Crippen MR) is 97.5 cm³/mol. The molecule has 0 saturated heterocycles. The van der Waals surface area contributed by atoms with Gasteiger partial charge in [-0.3, -0.25) is 9.39 Å². The second-order valence-electron chi connectivity index (χ2n) is 5.64. The van der Waals surface area contributed by atoms with Gasteiger partial charge >= 0.3 is 0 Å². The number of hydrogen-bond acceptors (Lipinski definition) is 4. The van der Waals surface area contributed by atoms with E-state index in [4.69, 9.17) is 0 Å². The maximum absolute atomic E-state index is 9.64. The summed E-state index contributed by atoms with van der Waals surface area (Å²) in [4.78, 5) is 4.22. The van der Waals surface area contributed by atoms with Crippen LogP contribution in [0.2, 0.25) is 0 Å². The molecule has 3 rings (SSSR count). The van der Waals surface area contributed by atoms with Crippen molar-refractivity contribution < 1.29 is 5.11 Å². The third-order valence-electron chi connectivity index (χ3n) is 4.03. The second-order valence-corrected chi connectivity index (χ2v) is 5.64. The summed E-state index contributed by atoms with van der Waals surface area (Å²) in [6.07, 6.45) is 1.93. The second kappa shape index (κ2) is 8.25. The summed E-state index contributed by atoms with van der Waals surface area (Å²) >= 11 is 0. The van der Waals surface area contributed by atoms with Crippen molar-refractivity contribution in [1.82, 2.24) is 25.2 Å². The molecule has 0 aliphatic heterocycles. The van der Waals surface area contributed by atoms with Crippen LogP contribution in [-0.4, -0.2) is 45.9 Å². The molecule has 130 valence electrons. The van der Waals surface area contributed by atoms with Crippen molar-refractivity contribution in [2.24, 2.45) is 4.99 Å². The lowest BCUT2D eigenvalue weighted by Gasteiger charge is -2.17. The Hall–Kier alpha value is -2.93. The molecule has 0 amide bonds. The molecule has 0 aliphatic carbocycles. The van der Waals surface area contributed by atoms with E-state index in [-0.39, 0.29) is 12.5 Å². The molecule has 3 aromatic rings. The smallest absolute Gasteiger partial charge is 0.191 e. The molecule has 1 unspecified atom stereocenters. The zero-order chi connectivity index (χ0) is 17.5. The van der Waals surface area contributed by atoms with Crippen molar-refractivity contribution in [3.8, 4) is 0 Å². The molecule has 0 fully saturated rings. The van der Waals surface area contributed by atoms with Gasteiger partial charge in [-0.2, -0.15) is 0 Å². The molecule has 7 heteroatoms. The molecule has 1 aromatic carbocycles. The summed E-state index contributed by atoms with van der Waals surface area (Å²) in [5.41, 5.74) is 1.91. The molecule has 25 heavy (non-hydrogen) atoms. The first-order valence-electron chi connectivity index (χ1n) is 8.20. The first-order chi connectivity index (χ1) is 12.3. The minimum atomic E-state index is 0.00803. The lowest BCUT2D eigenvalue weighted by atomic mass is 10.0. The summed E-state index contributed by atoms with van der Waals surface area (Å²) in [6.45, 7) is 1.16. The van der Waals surface area contributed by atoms with Crippen LogP contribution in [0, 0.1) is 0 Å². The van der Waals surface area contributed by atoms with Crippen molar-refractivity contribution in [3.05, 3.63) is 66.1 Å². The van der Waals surface area contributed by atoms with Crippen molar-refractivity contribution in [1.29, 1.82) is 0 Å². The molecular weight excluding hydrogens is 316 g/mol. The van der Waals surface area contributed by atoms with Crippen molar-refractivity contribution in [3.63, 3.8) is 0 Å². The number of aliphatic hydroxyl groups excluding tert-OH is 1. The molecule has 0 aliphatic rings. The first kappa shape index (κ1) is 16.9. The summed E-state index contributed by atoms with van der Waals surface area (Å²) in [6, 6.07) is 15.7. The normalized spacial score (nSPS) is 13.0. The Bertz CT molecular complexity index is 830. The maximum atomic E-state index is 9.64. The zero-order valence-corrected chi connectivity index (χ0v) is 14.1. The van der Waals surface area contributed by atoms with Gasteiger partial charge in [-0.05, 0) is 17.7 Å². The number of pyridine rings is 1. The van der Waals surface area contributed by atoms with Crippen LogP contribution in [0.3, 0.4) is 0 Å². The molecule has 7 nitrogen and oxygen atoms in total. The van der Waals surface area contributed by atoms with Crippen molar-refractivity contribution >= 4 is 11.6 Å². The monoisotopic (exact) mass is 338 g/mol. The van der Waals surface area contributed by atoms with E-state index in [2.05, 4.69) is 25.8 Å². The average Bonchev–Trinajstić information content (AvgIpc) is 3.09. The summed E-state index contributed by atoms with van der Waals surface area (Å²) in [5, 5.41) is 24.4. The highest BCUT2D eigenvalue weighted by Crippen LogP contribution is 2.13. The lowest BCUT2D eigenvalue weighted by molar-refractivity contribution is 0.265. The van der Waals surface area contributed by atoms with Gasteiger partial charge in [0.1, 0.15) is 0 Å². The Labute approximate surface area is 146 Å². The highest BCUT2D eigenvalue weighted by atomic mass is 16.3. The fourth-order valence-corrected chi connectivity index (χ4v) is 2.63. The van der Waals surface area contributed by atoms with Crippen LogP contribution in [0.25, 0.3) is 5.65 Å². The SMILES string of the molecule is CN=C(NCc1nnc2ccccn12)NCC(CO)c1ccccc1. The number of rotatable bonds is 6. The third-order valence-corrected chi connectivity index (χ3v) is 4.03. The van der Waals surface area contributed by atoms with Crippen molar-refractivity contribution in [2.75, 3.05) is 20.2 Å². The Balaban J connectivity index is 1.58. The van der Waals surface area contributed by atoms with E-state index >= 15 is 0 Å². The summed E-state index contributed by atoms with van der Waals surface area (Å²) in [7, 11) is 1.72.